The highest BCUT2D eigenvalue weighted by atomic mass is 15.4. The number of hydrogen-bond donors (Lipinski definition) is 1. The van der Waals surface area contributed by atoms with Crippen molar-refractivity contribution in [1.82, 2.24) is 20.3 Å². The van der Waals surface area contributed by atoms with Gasteiger partial charge in [-0.3, -0.25) is 4.68 Å². The molecular formula is C12H22N4. The van der Waals surface area contributed by atoms with Crippen molar-refractivity contribution in [2.75, 3.05) is 6.54 Å². The molecule has 1 N–H and O–H groups in total. The Morgan fingerprint density at radius 1 is 1.50 bits per heavy atom. The van der Waals surface area contributed by atoms with Gasteiger partial charge in [0.1, 0.15) is 0 Å². The van der Waals surface area contributed by atoms with Crippen LogP contribution in [0.15, 0.2) is 6.20 Å². The molecule has 16 heavy (non-hydrogen) atoms. The maximum atomic E-state index is 4.18. The van der Waals surface area contributed by atoms with E-state index in [0.717, 1.165) is 30.5 Å². The summed E-state index contributed by atoms with van der Waals surface area (Å²) in [7, 11) is 1.93. The van der Waals surface area contributed by atoms with Crippen molar-refractivity contribution in [1.29, 1.82) is 0 Å². The van der Waals surface area contributed by atoms with Gasteiger partial charge >= 0.3 is 0 Å². The summed E-state index contributed by atoms with van der Waals surface area (Å²) in [5.74, 6) is 1.52. The Hall–Kier alpha value is -0.900. The van der Waals surface area contributed by atoms with Crippen molar-refractivity contribution in [2.45, 2.75) is 39.2 Å². The summed E-state index contributed by atoms with van der Waals surface area (Å²) in [6.45, 7) is 5.62. The molecule has 1 aromatic rings. The van der Waals surface area contributed by atoms with Gasteiger partial charge < -0.3 is 5.32 Å². The Morgan fingerprint density at radius 3 is 2.94 bits per heavy atom. The third-order valence-electron chi connectivity index (χ3n) is 3.81. The zero-order valence-electron chi connectivity index (χ0n) is 10.5. The molecule has 0 saturated heterocycles. The average Bonchev–Trinajstić information content (AvgIpc) is 2.80. The summed E-state index contributed by atoms with van der Waals surface area (Å²) in [5.41, 5.74) is 1.14. The van der Waals surface area contributed by atoms with Crippen molar-refractivity contribution in [3.8, 4) is 0 Å². The zero-order chi connectivity index (χ0) is 11.5. The van der Waals surface area contributed by atoms with E-state index in [4.69, 9.17) is 0 Å². The maximum absolute atomic E-state index is 4.18. The molecule has 0 aromatic carbocycles. The fourth-order valence-corrected chi connectivity index (χ4v) is 2.84. The number of aryl methyl sites for hydroxylation is 1. The molecule has 1 heterocycles. The fourth-order valence-electron chi connectivity index (χ4n) is 2.84. The molecule has 0 spiro atoms. The minimum atomic E-state index is 0.701. The van der Waals surface area contributed by atoms with E-state index >= 15 is 0 Å². The second-order valence-corrected chi connectivity index (χ2v) is 4.95. The second-order valence-electron chi connectivity index (χ2n) is 4.95. The lowest BCUT2D eigenvalue weighted by atomic mass is 9.91. The lowest BCUT2D eigenvalue weighted by Gasteiger charge is -2.20. The van der Waals surface area contributed by atoms with Gasteiger partial charge in [0, 0.05) is 19.3 Å². The van der Waals surface area contributed by atoms with E-state index in [0.29, 0.717) is 6.04 Å². The van der Waals surface area contributed by atoms with Gasteiger partial charge in [-0.15, -0.1) is 5.10 Å². The lowest BCUT2D eigenvalue weighted by Crippen LogP contribution is -2.32. The number of rotatable bonds is 4. The third-order valence-corrected chi connectivity index (χ3v) is 3.81. The normalized spacial score (nSPS) is 29.8. The highest BCUT2D eigenvalue weighted by molar-refractivity contribution is 4.98. The van der Waals surface area contributed by atoms with Crippen LogP contribution < -0.4 is 5.32 Å². The number of hydrogen-bond acceptors (Lipinski definition) is 3. The number of aromatic nitrogens is 3. The minimum absolute atomic E-state index is 0.701. The SMILES string of the molecule is CCNC1CCC(Cc2cn(C)nn2)C1C. The molecule has 4 nitrogen and oxygen atoms in total. The highest BCUT2D eigenvalue weighted by Crippen LogP contribution is 2.33. The summed E-state index contributed by atoms with van der Waals surface area (Å²) in [6, 6.07) is 0.701. The van der Waals surface area contributed by atoms with Gasteiger partial charge in [-0.1, -0.05) is 19.1 Å². The molecular weight excluding hydrogens is 200 g/mol. The van der Waals surface area contributed by atoms with Crippen molar-refractivity contribution in [3.05, 3.63) is 11.9 Å². The van der Waals surface area contributed by atoms with Crippen LogP contribution in [0.1, 0.15) is 32.4 Å². The maximum Gasteiger partial charge on any atom is 0.0829 e. The van der Waals surface area contributed by atoms with Gasteiger partial charge in [0.15, 0.2) is 0 Å². The fraction of sp³-hybridized carbons (Fsp3) is 0.833. The predicted octanol–water partition coefficient (Wildman–Crippen LogP) is 1.38. The van der Waals surface area contributed by atoms with E-state index in [-0.39, 0.29) is 0 Å². The second kappa shape index (κ2) is 4.95. The average molecular weight is 222 g/mol. The molecule has 4 heteroatoms. The van der Waals surface area contributed by atoms with Gasteiger partial charge in [0.05, 0.1) is 5.69 Å². The first-order valence-electron chi connectivity index (χ1n) is 6.29. The molecule has 90 valence electrons. The molecule has 0 aliphatic heterocycles. The van der Waals surface area contributed by atoms with Crippen molar-refractivity contribution >= 4 is 0 Å². The summed E-state index contributed by atoms with van der Waals surface area (Å²) in [6.07, 6.45) is 5.74. The monoisotopic (exact) mass is 222 g/mol. The van der Waals surface area contributed by atoms with Crippen LogP contribution in [0.2, 0.25) is 0 Å². The van der Waals surface area contributed by atoms with Gasteiger partial charge in [-0.25, -0.2) is 0 Å². The Kier molecular flexibility index (Phi) is 3.59. The summed E-state index contributed by atoms with van der Waals surface area (Å²) < 4.78 is 1.79. The highest BCUT2D eigenvalue weighted by Gasteiger charge is 2.32. The molecule has 3 unspecified atom stereocenters. The van der Waals surface area contributed by atoms with Gasteiger partial charge in [-0.2, -0.15) is 0 Å². The van der Waals surface area contributed by atoms with Crippen LogP contribution >= 0.6 is 0 Å². The van der Waals surface area contributed by atoms with Crippen LogP contribution in [0.3, 0.4) is 0 Å². The van der Waals surface area contributed by atoms with Crippen LogP contribution in [0.5, 0.6) is 0 Å². The molecule has 0 radical (unpaired) electrons. The van der Waals surface area contributed by atoms with Crippen LogP contribution in [-0.2, 0) is 13.5 Å². The quantitative estimate of drug-likeness (QED) is 0.837. The Labute approximate surface area is 97.4 Å². The Balaban J connectivity index is 1.92. The molecule has 1 aliphatic rings. The van der Waals surface area contributed by atoms with Gasteiger partial charge in [0.25, 0.3) is 0 Å². The third kappa shape index (κ3) is 2.43. The van der Waals surface area contributed by atoms with E-state index in [2.05, 4.69) is 29.5 Å². The molecule has 1 aliphatic carbocycles. The first kappa shape index (κ1) is 11.6. The lowest BCUT2D eigenvalue weighted by molar-refractivity contribution is 0.353. The van der Waals surface area contributed by atoms with E-state index in [1.165, 1.54) is 12.8 Å². The minimum Gasteiger partial charge on any atom is -0.314 e. The Bertz CT molecular complexity index is 334. The largest absolute Gasteiger partial charge is 0.314 e. The van der Waals surface area contributed by atoms with Crippen molar-refractivity contribution in [2.24, 2.45) is 18.9 Å². The molecule has 0 bridgehead atoms. The molecule has 2 rings (SSSR count). The van der Waals surface area contributed by atoms with E-state index in [1.807, 2.05) is 13.2 Å². The van der Waals surface area contributed by atoms with Gasteiger partial charge in [0.2, 0.25) is 0 Å². The van der Waals surface area contributed by atoms with Crippen molar-refractivity contribution in [3.63, 3.8) is 0 Å². The molecule has 1 aromatic heterocycles. The summed E-state index contributed by atoms with van der Waals surface area (Å²) in [5, 5.41) is 11.7. The van der Waals surface area contributed by atoms with Crippen LogP contribution in [0.25, 0.3) is 0 Å². The van der Waals surface area contributed by atoms with Crippen LogP contribution in [-0.4, -0.2) is 27.6 Å². The summed E-state index contributed by atoms with van der Waals surface area (Å²) in [4.78, 5) is 0. The smallest absolute Gasteiger partial charge is 0.0829 e. The first-order valence-corrected chi connectivity index (χ1v) is 6.29. The van der Waals surface area contributed by atoms with E-state index in [9.17, 15) is 0 Å². The van der Waals surface area contributed by atoms with Crippen molar-refractivity contribution < 1.29 is 0 Å². The predicted molar refractivity (Wildman–Crippen MR) is 64.1 cm³/mol. The number of nitrogens with zero attached hydrogens (tertiary/aromatic N) is 3. The Morgan fingerprint density at radius 2 is 2.31 bits per heavy atom. The number of nitrogens with one attached hydrogen (secondary N) is 1. The van der Waals surface area contributed by atoms with E-state index in [1.54, 1.807) is 4.68 Å². The molecule has 1 fully saturated rings. The zero-order valence-corrected chi connectivity index (χ0v) is 10.5. The standard InChI is InChI=1S/C12H22N4/c1-4-13-12-6-5-10(9(12)2)7-11-8-16(3)15-14-11/h8-10,12-13H,4-7H2,1-3H3. The summed E-state index contributed by atoms with van der Waals surface area (Å²) >= 11 is 0. The van der Waals surface area contributed by atoms with Gasteiger partial charge in [-0.05, 0) is 37.6 Å². The van der Waals surface area contributed by atoms with Crippen LogP contribution in [0, 0.1) is 11.8 Å². The topological polar surface area (TPSA) is 42.7 Å². The first-order chi connectivity index (χ1) is 7.70. The molecule has 3 atom stereocenters. The molecule has 0 amide bonds. The van der Waals surface area contributed by atoms with Crippen LogP contribution in [0.4, 0.5) is 0 Å². The van der Waals surface area contributed by atoms with E-state index < -0.39 is 0 Å². The molecule has 1 saturated carbocycles.